The average molecular weight is 475 g/mol. The summed E-state index contributed by atoms with van der Waals surface area (Å²) in [5, 5.41) is 10.2. The van der Waals surface area contributed by atoms with E-state index in [1.807, 2.05) is 0 Å². The molecule has 3 aromatic rings. The Morgan fingerprint density at radius 3 is 2.62 bits per heavy atom. The van der Waals surface area contributed by atoms with E-state index in [9.17, 15) is 18.0 Å². The van der Waals surface area contributed by atoms with Gasteiger partial charge in [-0.15, -0.1) is 0 Å². The molecule has 168 valence electrons. The number of H-pyrrole nitrogens is 1. The number of amides is 1. The normalized spacial score (nSPS) is 14.9. The maximum Gasteiger partial charge on any atom is 0.272 e. The summed E-state index contributed by atoms with van der Waals surface area (Å²) >= 11 is 1.72. The Kier molecular flexibility index (Phi) is 6.49. The smallest absolute Gasteiger partial charge is 0.272 e. The van der Waals surface area contributed by atoms with Crippen LogP contribution in [0.15, 0.2) is 52.2 Å². The van der Waals surface area contributed by atoms with E-state index in [-0.39, 0.29) is 22.6 Å². The molecule has 0 atom stereocenters. The molecule has 0 saturated carbocycles. The monoisotopic (exact) mass is 474 g/mol. The van der Waals surface area contributed by atoms with Gasteiger partial charge in [0, 0.05) is 30.0 Å². The number of nitrogens with zero attached hydrogens (tertiary/aromatic N) is 2. The zero-order chi connectivity index (χ0) is 22.7. The van der Waals surface area contributed by atoms with Gasteiger partial charge in [0.15, 0.2) is 0 Å². The summed E-state index contributed by atoms with van der Waals surface area (Å²) in [4.78, 5) is 24.8. The van der Waals surface area contributed by atoms with E-state index in [2.05, 4.69) is 15.5 Å². The minimum absolute atomic E-state index is 0.0908. The molecule has 1 fully saturated rings. The Labute approximate surface area is 189 Å². The van der Waals surface area contributed by atoms with E-state index in [1.165, 1.54) is 29.6 Å². The Balaban J connectivity index is 1.60. The zero-order valence-electron chi connectivity index (χ0n) is 17.3. The molecule has 2 heterocycles. The predicted molar refractivity (Wildman–Crippen MR) is 124 cm³/mol. The van der Waals surface area contributed by atoms with E-state index in [1.54, 1.807) is 36.0 Å². The number of nitrogens with one attached hydrogen (secondary N) is 2. The molecule has 11 heteroatoms. The van der Waals surface area contributed by atoms with Crippen molar-refractivity contribution in [1.82, 2.24) is 14.5 Å². The molecule has 1 amide bonds. The lowest BCUT2D eigenvalue weighted by atomic mass is 10.1. The van der Waals surface area contributed by atoms with Crippen LogP contribution >= 0.6 is 11.8 Å². The van der Waals surface area contributed by atoms with Crippen LogP contribution in [0.1, 0.15) is 5.69 Å². The number of anilines is 1. The Bertz CT molecular complexity index is 1320. The molecule has 1 aliphatic rings. The third-order valence-electron chi connectivity index (χ3n) is 5.16. The highest BCUT2D eigenvalue weighted by Crippen LogP contribution is 2.30. The van der Waals surface area contributed by atoms with Crippen LogP contribution in [0.2, 0.25) is 0 Å². The molecular formula is C21H22N4O5S2. The fourth-order valence-electron chi connectivity index (χ4n) is 3.53. The predicted octanol–water partition coefficient (Wildman–Crippen LogP) is 1.85. The van der Waals surface area contributed by atoms with Crippen molar-refractivity contribution in [3.05, 3.63) is 58.5 Å². The highest BCUT2D eigenvalue weighted by atomic mass is 32.2. The van der Waals surface area contributed by atoms with Crippen molar-refractivity contribution in [2.45, 2.75) is 11.3 Å². The second kappa shape index (κ2) is 9.31. The number of ether oxygens (including phenoxy) is 1. The number of fused-ring (bicyclic) bond motifs is 1. The van der Waals surface area contributed by atoms with Gasteiger partial charge >= 0.3 is 0 Å². The first-order chi connectivity index (χ1) is 15.4. The SMILES string of the molecule is COc1ccc(S(=O)(=O)N2CCSCC2)cc1NC(=O)Cc1n[nH]c(=O)c2ccccc12. The van der Waals surface area contributed by atoms with Crippen LogP contribution in [-0.2, 0) is 21.2 Å². The molecule has 0 unspecified atom stereocenters. The number of carbonyl (C=O) groups is 1. The van der Waals surface area contributed by atoms with E-state index >= 15 is 0 Å². The van der Waals surface area contributed by atoms with Gasteiger partial charge in [0.2, 0.25) is 15.9 Å². The third-order valence-corrected chi connectivity index (χ3v) is 7.99. The molecule has 1 saturated heterocycles. The molecule has 0 spiro atoms. The number of aromatic nitrogens is 2. The highest BCUT2D eigenvalue weighted by molar-refractivity contribution is 7.99. The van der Waals surface area contributed by atoms with Crippen molar-refractivity contribution >= 4 is 44.2 Å². The lowest BCUT2D eigenvalue weighted by Gasteiger charge is -2.26. The molecule has 9 nitrogen and oxygen atoms in total. The van der Waals surface area contributed by atoms with Crippen molar-refractivity contribution in [3.63, 3.8) is 0 Å². The molecule has 0 radical (unpaired) electrons. The summed E-state index contributed by atoms with van der Waals surface area (Å²) < 4.78 is 32.8. The minimum Gasteiger partial charge on any atom is -0.495 e. The van der Waals surface area contributed by atoms with Gasteiger partial charge in [0.25, 0.3) is 5.56 Å². The van der Waals surface area contributed by atoms with Crippen molar-refractivity contribution in [2.75, 3.05) is 37.0 Å². The lowest BCUT2D eigenvalue weighted by Crippen LogP contribution is -2.37. The number of sulfonamides is 1. The van der Waals surface area contributed by atoms with E-state index in [0.717, 1.165) is 11.5 Å². The average Bonchev–Trinajstić information content (AvgIpc) is 2.81. The van der Waals surface area contributed by atoms with Crippen LogP contribution in [0.25, 0.3) is 10.8 Å². The topological polar surface area (TPSA) is 121 Å². The van der Waals surface area contributed by atoms with Crippen LogP contribution in [0.5, 0.6) is 5.75 Å². The van der Waals surface area contributed by atoms with Gasteiger partial charge in [0.1, 0.15) is 5.75 Å². The molecule has 0 bridgehead atoms. The summed E-state index contributed by atoms with van der Waals surface area (Å²) in [6.45, 7) is 0.900. The van der Waals surface area contributed by atoms with Crippen molar-refractivity contribution in [3.8, 4) is 5.75 Å². The number of aromatic amines is 1. The molecule has 4 rings (SSSR count). The number of benzene rings is 2. The molecule has 2 N–H and O–H groups in total. The van der Waals surface area contributed by atoms with Gasteiger partial charge in [-0.3, -0.25) is 9.59 Å². The standard InChI is InChI=1S/C21H22N4O5S2/c1-30-19-7-6-14(32(28,29)25-8-10-31-11-9-25)12-18(19)22-20(26)13-17-15-4-2-3-5-16(15)21(27)24-23-17/h2-7,12H,8-11,13H2,1H3,(H,22,26)(H,24,27). The van der Waals surface area contributed by atoms with Crippen LogP contribution in [0, 0.1) is 0 Å². The summed E-state index contributed by atoms with van der Waals surface area (Å²) in [7, 11) is -2.23. The molecule has 1 aromatic heterocycles. The van der Waals surface area contributed by atoms with Gasteiger partial charge in [-0.05, 0) is 24.3 Å². The van der Waals surface area contributed by atoms with Crippen LogP contribution in [0.3, 0.4) is 0 Å². The van der Waals surface area contributed by atoms with E-state index < -0.39 is 15.9 Å². The largest absolute Gasteiger partial charge is 0.495 e. The van der Waals surface area contributed by atoms with Gasteiger partial charge in [-0.1, -0.05) is 18.2 Å². The molecule has 1 aliphatic heterocycles. The van der Waals surface area contributed by atoms with Gasteiger partial charge in [-0.25, -0.2) is 13.5 Å². The summed E-state index contributed by atoms with van der Waals surface area (Å²) in [5.74, 6) is 1.42. The third kappa shape index (κ3) is 4.50. The van der Waals surface area contributed by atoms with Crippen LogP contribution < -0.4 is 15.6 Å². The molecule has 32 heavy (non-hydrogen) atoms. The van der Waals surface area contributed by atoms with E-state index in [0.29, 0.717) is 35.3 Å². The Morgan fingerprint density at radius 2 is 1.91 bits per heavy atom. The first-order valence-electron chi connectivity index (χ1n) is 9.92. The summed E-state index contributed by atoms with van der Waals surface area (Å²) in [6.07, 6.45) is -0.110. The highest BCUT2D eigenvalue weighted by Gasteiger charge is 2.27. The van der Waals surface area contributed by atoms with Gasteiger partial charge in [0.05, 0.1) is 35.2 Å². The fraction of sp³-hybridized carbons (Fsp3) is 0.286. The number of hydrogen-bond donors (Lipinski definition) is 2. The first kappa shape index (κ1) is 22.3. The molecule has 2 aromatic carbocycles. The van der Waals surface area contributed by atoms with Crippen LogP contribution in [0.4, 0.5) is 5.69 Å². The first-order valence-corrected chi connectivity index (χ1v) is 12.5. The number of hydrogen-bond acceptors (Lipinski definition) is 7. The quantitative estimate of drug-likeness (QED) is 0.559. The number of carbonyl (C=O) groups excluding carboxylic acids is 1. The second-order valence-corrected chi connectivity index (χ2v) is 10.3. The van der Waals surface area contributed by atoms with Crippen molar-refractivity contribution in [1.29, 1.82) is 0 Å². The lowest BCUT2D eigenvalue weighted by molar-refractivity contribution is -0.115. The van der Waals surface area contributed by atoms with Crippen LogP contribution in [-0.4, -0.2) is 60.5 Å². The summed E-state index contributed by atoms with van der Waals surface area (Å²) in [5.41, 5.74) is 0.324. The van der Waals surface area contributed by atoms with E-state index in [4.69, 9.17) is 4.74 Å². The van der Waals surface area contributed by atoms with Gasteiger partial charge < -0.3 is 10.1 Å². The number of rotatable bonds is 6. The molecular weight excluding hydrogens is 452 g/mol. The number of methoxy groups -OCH3 is 1. The Morgan fingerprint density at radius 1 is 1.19 bits per heavy atom. The molecule has 0 aliphatic carbocycles. The van der Waals surface area contributed by atoms with Gasteiger partial charge in [-0.2, -0.15) is 21.2 Å². The summed E-state index contributed by atoms with van der Waals surface area (Å²) in [6, 6.07) is 11.3. The zero-order valence-corrected chi connectivity index (χ0v) is 19.0. The minimum atomic E-state index is -3.68. The maximum absolute atomic E-state index is 13.0. The fourth-order valence-corrected chi connectivity index (χ4v) is 6.14. The Hall–Kier alpha value is -2.89. The van der Waals surface area contributed by atoms with Crippen molar-refractivity contribution < 1.29 is 17.9 Å². The van der Waals surface area contributed by atoms with Crippen molar-refractivity contribution in [2.24, 2.45) is 0 Å². The maximum atomic E-state index is 13.0. The second-order valence-electron chi connectivity index (χ2n) is 7.15. The number of thioether (sulfide) groups is 1.